The minimum Gasteiger partial charge on any atom is -0.399 e. The quantitative estimate of drug-likeness (QED) is 0.790. The molecule has 0 aromatic heterocycles. The molecule has 3 N–H and O–H groups in total. The number of halogens is 1. The Balaban J connectivity index is 2.78. The number of rotatable bonds is 5. The molecule has 0 spiro atoms. The fraction of sp³-hybridized carbons (Fsp3) is 0.462. The second-order valence-electron chi connectivity index (χ2n) is 4.13. The highest BCUT2D eigenvalue weighted by molar-refractivity contribution is 5.95. The van der Waals surface area contributed by atoms with Crippen molar-refractivity contribution < 1.29 is 9.18 Å². The summed E-state index contributed by atoms with van der Waals surface area (Å²) in [7, 11) is 0. The van der Waals surface area contributed by atoms with Crippen molar-refractivity contribution in [2.24, 2.45) is 0 Å². The SMILES string of the molecule is CCN(CC)C(C)C(=O)Nc1cc(N)ccc1F. The Hall–Kier alpha value is -1.62. The van der Waals surface area contributed by atoms with Crippen LogP contribution in [-0.2, 0) is 4.79 Å². The molecule has 0 fully saturated rings. The Bertz CT molecular complexity index is 419. The van der Waals surface area contributed by atoms with E-state index in [0.717, 1.165) is 13.1 Å². The number of nitrogens with two attached hydrogens (primary N) is 1. The second kappa shape index (κ2) is 6.35. The van der Waals surface area contributed by atoms with Crippen LogP contribution in [-0.4, -0.2) is 29.9 Å². The summed E-state index contributed by atoms with van der Waals surface area (Å²) in [6.07, 6.45) is 0. The number of likely N-dealkylation sites (N-methyl/N-ethyl adjacent to an activating group) is 1. The summed E-state index contributed by atoms with van der Waals surface area (Å²) in [5, 5.41) is 2.56. The lowest BCUT2D eigenvalue weighted by molar-refractivity contribution is -0.120. The van der Waals surface area contributed by atoms with Crippen molar-refractivity contribution in [3.8, 4) is 0 Å². The molecular weight excluding hydrogens is 233 g/mol. The maximum Gasteiger partial charge on any atom is 0.241 e. The molecule has 1 amide bonds. The second-order valence-corrected chi connectivity index (χ2v) is 4.13. The van der Waals surface area contributed by atoms with Crippen LogP contribution in [0.25, 0.3) is 0 Å². The van der Waals surface area contributed by atoms with Gasteiger partial charge in [0.25, 0.3) is 0 Å². The minimum absolute atomic E-state index is 0.124. The molecule has 0 aliphatic carbocycles. The first kappa shape index (κ1) is 14.4. The maximum atomic E-state index is 13.5. The number of hydrogen-bond donors (Lipinski definition) is 2. The summed E-state index contributed by atoms with van der Waals surface area (Å²) in [4.78, 5) is 14.0. The molecule has 4 nitrogen and oxygen atoms in total. The summed E-state index contributed by atoms with van der Waals surface area (Å²) in [5.41, 5.74) is 6.11. The van der Waals surface area contributed by atoms with Gasteiger partial charge in [-0.3, -0.25) is 9.69 Å². The third-order valence-corrected chi connectivity index (χ3v) is 2.99. The molecule has 1 rings (SSSR count). The number of amides is 1. The van der Waals surface area contributed by atoms with Gasteiger partial charge in [0, 0.05) is 5.69 Å². The standard InChI is InChI=1S/C13H20FN3O/c1-4-17(5-2)9(3)13(18)16-12-8-10(15)6-7-11(12)14/h6-9H,4-5,15H2,1-3H3,(H,16,18). The Kier molecular flexibility index (Phi) is 5.09. The van der Waals surface area contributed by atoms with E-state index in [9.17, 15) is 9.18 Å². The van der Waals surface area contributed by atoms with E-state index in [4.69, 9.17) is 5.73 Å². The first-order valence-electron chi connectivity index (χ1n) is 6.09. The lowest BCUT2D eigenvalue weighted by atomic mass is 10.2. The van der Waals surface area contributed by atoms with Crippen LogP contribution in [0.4, 0.5) is 15.8 Å². The molecule has 0 radical (unpaired) electrons. The van der Waals surface area contributed by atoms with Crippen LogP contribution in [0.1, 0.15) is 20.8 Å². The molecule has 0 saturated heterocycles. The van der Waals surface area contributed by atoms with Crippen LogP contribution < -0.4 is 11.1 Å². The summed E-state index contributed by atoms with van der Waals surface area (Å²) < 4.78 is 13.5. The van der Waals surface area contributed by atoms with E-state index in [0.29, 0.717) is 5.69 Å². The van der Waals surface area contributed by atoms with Gasteiger partial charge in [-0.2, -0.15) is 0 Å². The molecule has 1 aromatic carbocycles. The van der Waals surface area contributed by atoms with Crippen LogP contribution in [0.3, 0.4) is 0 Å². The van der Waals surface area contributed by atoms with Gasteiger partial charge in [0.2, 0.25) is 5.91 Å². The Morgan fingerprint density at radius 1 is 1.44 bits per heavy atom. The summed E-state index contributed by atoms with van der Waals surface area (Å²) in [6, 6.07) is 3.81. The molecule has 100 valence electrons. The highest BCUT2D eigenvalue weighted by Crippen LogP contribution is 2.18. The van der Waals surface area contributed by atoms with Gasteiger partial charge in [0.15, 0.2) is 0 Å². The third-order valence-electron chi connectivity index (χ3n) is 2.99. The largest absolute Gasteiger partial charge is 0.399 e. The van der Waals surface area contributed by atoms with Crippen LogP contribution in [0.15, 0.2) is 18.2 Å². The average Bonchev–Trinajstić information content (AvgIpc) is 2.35. The fourth-order valence-electron chi connectivity index (χ4n) is 1.81. The Morgan fingerprint density at radius 3 is 2.61 bits per heavy atom. The van der Waals surface area contributed by atoms with Crippen LogP contribution in [0, 0.1) is 5.82 Å². The van der Waals surface area contributed by atoms with Gasteiger partial charge in [0.1, 0.15) is 5.82 Å². The highest BCUT2D eigenvalue weighted by Gasteiger charge is 2.19. The van der Waals surface area contributed by atoms with Crippen LogP contribution >= 0.6 is 0 Å². The normalized spacial score (nSPS) is 12.5. The summed E-state index contributed by atoms with van der Waals surface area (Å²) in [6.45, 7) is 7.30. The highest BCUT2D eigenvalue weighted by atomic mass is 19.1. The van der Waals surface area contributed by atoms with Gasteiger partial charge in [-0.05, 0) is 38.2 Å². The zero-order valence-electron chi connectivity index (χ0n) is 11.0. The van der Waals surface area contributed by atoms with E-state index in [1.54, 1.807) is 6.92 Å². The molecule has 0 aliphatic heterocycles. The van der Waals surface area contributed by atoms with E-state index >= 15 is 0 Å². The van der Waals surface area contributed by atoms with E-state index in [1.165, 1.54) is 18.2 Å². The Morgan fingerprint density at radius 2 is 2.06 bits per heavy atom. The number of carbonyl (C=O) groups excluding carboxylic acids is 1. The zero-order chi connectivity index (χ0) is 13.7. The van der Waals surface area contributed by atoms with E-state index in [-0.39, 0.29) is 17.6 Å². The van der Waals surface area contributed by atoms with Gasteiger partial charge in [0.05, 0.1) is 11.7 Å². The van der Waals surface area contributed by atoms with Crippen molar-refractivity contribution in [3.05, 3.63) is 24.0 Å². The van der Waals surface area contributed by atoms with Crippen LogP contribution in [0.2, 0.25) is 0 Å². The number of benzene rings is 1. The van der Waals surface area contributed by atoms with Gasteiger partial charge in [-0.25, -0.2) is 4.39 Å². The van der Waals surface area contributed by atoms with Gasteiger partial charge < -0.3 is 11.1 Å². The molecule has 0 aliphatic rings. The third kappa shape index (κ3) is 3.43. The number of anilines is 2. The number of nitrogens with zero attached hydrogens (tertiary/aromatic N) is 1. The maximum absolute atomic E-state index is 13.5. The van der Waals surface area contributed by atoms with Gasteiger partial charge in [-0.15, -0.1) is 0 Å². The number of carbonyl (C=O) groups is 1. The molecule has 1 unspecified atom stereocenters. The molecule has 0 heterocycles. The van der Waals surface area contributed by atoms with Crippen molar-refractivity contribution in [2.45, 2.75) is 26.8 Å². The van der Waals surface area contributed by atoms with E-state index in [1.807, 2.05) is 18.7 Å². The predicted molar refractivity (Wildman–Crippen MR) is 71.8 cm³/mol. The fourth-order valence-corrected chi connectivity index (χ4v) is 1.81. The predicted octanol–water partition coefficient (Wildman–Crippen LogP) is 2.08. The topological polar surface area (TPSA) is 58.4 Å². The molecule has 0 bridgehead atoms. The lowest BCUT2D eigenvalue weighted by Gasteiger charge is -2.25. The van der Waals surface area contributed by atoms with Crippen LogP contribution in [0.5, 0.6) is 0 Å². The van der Waals surface area contributed by atoms with Crippen molar-refractivity contribution in [3.63, 3.8) is 0 Å². The first-order chi connectivity index (χ1) is 8.49. The molecule has 18 heavy (non-hydrogen) atoms. The van der Waals surface area contributed by atoms with Crippen molar-refractivity contribution in [2.75, 3.05) is 24.1 Å². The first-order valence-corrected chi connectivity index (χ1v) is 6.09. The zero-order valence-corrected chi connectivity index (χ0v) is 11.0. The Labute approximate surface area is 107 Å². The van der Waals surface area contributed by atoms with Gasteiger partial charge >= 0.3 is 0 Å². The number of nitrogens with one attached hydrogen (secondary N) is 1. The molecule has 0 saturated carbocycles. The lowest BCUT2D eigenvalue weighted by Crippen LogP contribution is -2.41. The molecule has 1 aromatic rings. The molecule has 5 heteroatoms. The van der Waals surface area contributed by atoms with Crippen molar-refractivity contribution >= 4 is 17.3 Å². The smallest absolute Gasteiger partial charge is 0.241 e. The average molecular weight is 253 g/mol. The molecule has 1 atom stereocenters. The summed E-state index contributed by atoms with van der Waals surface area (Å²) in [5.74, 6) is -0.715. The minimum atomic E-state index is -0.482. The van der Waals surface area contributed by atoms with E-state index in [2.05, 4.69) is 5.32 Å². The van der Waals surface area contributed by atoms with Gasteiger partial charge in [-0.1, -0.05) is 13.8 Å². The number of hydrogen-bond acceptors (Lipinski definition) is 3. The van der Waals surface area contributed by atoms with Crippen molar-refractivity contribution in [1.82, 2.24) is 4.90 Å². The summed E-state index contributed by atoms with van der Waals surface area (Å²) >= 11 is 0. The molecular formula is C13H20FN3O. The number of nitrogen functional groups attached to an aromatic ring is 1. The monoisotopic (exact) mass is 253 g/mol. The van der Waals surface area contributed by atoms with E-state index < -0.39 is 5.82 Å². The van der Waals surface area contributed by atoms with Crippen molar-refractivity contribution in [1.29, 1.82) is 0 Å².